The normalized spacial score (nSPS) is 28.1. The molecule has 9 unspecified atom stereocenters. The Morgan fingerprint density at radius 1 is 0.790 bits per heavy atom. The molecule has 0 aromatic heterocycles. The van der Waals surface area contributed by atoms with Gasteiger partial charge in [0.15, 0.2) is 0 Å². The summed E-state index contributed by atoms with van der Waals surface area (Å²) < 4.78 is 27.7. The maximum atomic E-state index is 12.7. The van der Waals surface area contributed by atoms with Gasteiger partial charge in [0.2, 0.25) is 23.6 Å². The van der Waals surface area contributed by atoms with Crippen molar-refractivity contribution >= 4 is 23.8 Å². The number of fused-ring (bicyclic) bond motifs is 5. The van der Waals surface area contributed by atoms with E-state index in [2.05, 4.69) is 56.6 Å². The van der Waals surface area contributed by atoms with Crippen molar-refractivity contribution in [1.82, 2.24) is 16.0 Å². The minimum atomic E-state index is -1.90. The van der Waals surface area contributed by atoms with Crippen molar-refractivity contribution in [2.75, 3.05) is 59.3 Å². The molecule has 356 valence electrons. The third-order valence-corrected chi connectivity index (χ3v) is 14.7. The van der Waals surface area contributed by atoms with Crippen LogP contribution in [-0.4, -0.2) is 100 Å². The fourth-order valence-electron chi connectivity index (χ4n) is 11.5. The number of carbonyl (C=O) groups is 4. The summed E-state index contributed by atoms with van der Waals surface area (Å²) in [5.41, 5.74) is 7.30. The SMILES string of the molecule is CC(C)CCCC(C)C1CCC2C3CC=C4CC(OC(=O)NCCCOCCOCCOCCNC(=O)CCCCC(=O)NC(C)(O)OCCC(N)=O)CCC4(C)C3CCC12C. The van der Waals surface area contributed by atoms with Gasteiger partial charge in [0.25, 0.3) is 0 Å². The van der Waals surface area contributed by atoms with Crippen molar-refractivity contribution in [2.24, 2.45) is 52.1 Å². The second-order valence-electron chi connectivity index (χ2n) is 19.8. The van der Waals surface area contributed by atoms with E-state index in [4.69, 9.17) is 29.4 Å². The van der Waals surface area contributed by atoms with Crippen LogP contribution in [0.4, 0.5) is 4.79 Å². The van der Waals surface area contributed by atoms with E-state index < -0.39 is 17.7 Å². The Kier molecular flexibility index (Phi) is 21.4. The number of carbonyl (C=O) groups excluding carboxylic acids is 4. The van der Waals surface area contributed by atoms with Gasteiger partial charge >= 0.3 is 6.09 Å². The van der Waals surface area contributed by atoms with Crippen LogP contribution in [0.15, 0.2) is 11.6 Å². The van der Waals surface area contributed by atoms with E-state index in [1.165, 1.54) is 58.3 Å². The maximum Gasteiger partial charge on any atom is 0.407 e. The largest absolute Gasteiger partial charge is 0.446 e. The van der Waals surface area contributed by atoms with Crippen LogP contribution in [0.1, 0.15) is 151 Å². The highest BCUT2D eigenvalue weighted by atomic mass is 16.6. The van der Waals surface area contributed by atoms with Gasteiger partial charge in [-0.05, 0) is 111 Å². The third-order valence-electron chi connectivity index (χ3n) is 14.7. The maximum absolute atomic E-state index is 12.7. The predicted molar refractivity (Wildman–Crippen MR) is 238 cm³/mol. The number of hydrogen-bond acceptors (Lipinski definition) is 10. The molecule has 62 heavy (non-hydrogen) atoms. The quantitative estimate of drug-likeness (QED) is 0.0299. The average Bonchev–Trinajstić information content (AvgIpc) is 3.56. The Labute approximate surface area is 372 Å². The lowest BCUT2D eigenvalue weighted by Gasteiger charge is -2.58. The zero-order valence-corrected chi connectivity index (χ0v) is 39.2. The van der Waals surface area contributed by atoms with Crippen LogP contribution in [0.3, 0.4) is 0 Å². The Bertz CT molecular complexity index is 1440. The molecule has 3 saturated carbocycles. The second kappa shape index (κ2) is 25.6. The second-order valence-corrected chi connectivity index (χ2v) is 19.8. The van der Waals surface area contributed by atoms with Crippen molar-refractivity contribution in [2.45, 2.75) is 163 Å². The third kappa shape index (κ3) is 16.3. The van der Waals surface area contributed by atoms with E-state index in [9.17, 15) is 24.3 Å². The first kappa shape index (κ1) is 51.9. The molecule has 0 radical (unpaired) electrons. The van der Waals surface area contributed by atoms with Gasteiger partial charge in [-0.15, -0.1) is 0 Å². The Morgan fingerprint density at radius 3 is 2.19 bits per heavy atom. The lowest BCUT2D eigenvalue weighted by atomic mass is 9.47. The first-order valence-electron chi connectivity index (χ1n) is 24.1. The highest BCUT2D eigenvalue weighted by molar-refractivity contribution is 5.77. The Balaban J connectivity index is 0.959. The van der Waals surface area contributed by atoms with E-state index in [0.717, 1.165) is 54.8 Å². The monoisotopic (exact) mass is 877 g/mol. The fraction of sp³-hybridized carbons (Fsp3) is 0.875. The number of alkyl carbamates (subject to hydrolysis) is 1. The van der Waals surface area contributed by atoms with Crippen molar-refractivity contribution in [3.05, 3.63) is 11.6 Å². The Hall–Kier alpha value is -2.78. The molecule has 0 saturated heterocycles. The topological polar surface area (TPSA) is 197 Å². The van der Waals surface area contributed by atoms with Gasteiger partial charge in [-0.25, -0.2) is 4.79 Å². The molecule has 4 rings (SSSR count). The first-order valence-corrected chi connectivity index (χ1v) is 24.1. The summed E-state index contributed by atoms with van der Waals surface area (Å²) >= 11 is 0. The smallest absolute Gasteiger partial charge is 0.407 e. The van der Waals surface area contributed by atoms with Gasteiger partial charge in [0.05, 0.1) is 39.6 Å². The standard InChI is InChI=1S/C48H84N4O10/c1-34(2)11-9-12-35(3)39-17-18-40-38-16-15-36-33-37(19-22-46(36,4)41(38)20-23-47(39,40)5)62-45(56)51-24-10-26-58-29-31-60-32-30-59-28-25-50-43(54)13-7-8-14-44(55)52-48(6,57)61-27-21-42(49)53/h15,34-35,37-41,57H,7-14,16-33H2,1-6H3,(H2,49,53)(H,50,54)(H,51,56)(H,52,55). The van der Waals surface area contributed by atoms with Gasteiger partial charge in [0, 0.05) is 52.3 Å². The van der Waals surface area contributed by atoms with Crippen LogP contribution in [0.25, 0.3) is 0 Å². The molecule has 4 amide bonds. The minimum Gasteiger partial charge on any atom is -0.446 e. The predicted octanol–water partition coefficient (Wildman–Crippen LogP) is 6.91. The molecule has 4 aliphatic rings. The number of nitrogens with one attached hydrogen (secondary N) is 3. The molecule has 4 aliphatic carbocycles. The molecule has 6 N–H and O–H groups in total. The molecule has 3 fully saturated rings. The van der Waals surface area contributed by atoms with Crippen LogP contribution in [-0.2, 0) is 38.1 Å². The van der Waals surface area contributed by atoms with Gasteiger partial charge in [-0.3, -0.25) is 14.4 Å². The molecule has 0 bridgehead atoms. The van der Waals surface area contributed by atoms with Crippen molar-refractivity contribution in [3.8, 4) is 0 Å². The molecule has 14 heteroatoms. The van der Waals surface area contributed by atoms with E-state index in [1.54, 1.807) is 5.57 Å². The first-order chi connectivity index (χ1) is 29.5. The number of aliphatic hydroxyl groups is 1. The molecule has 14 nitrogen and oxygen atoms in total. The van der Waals surface area contributed by atoms with E-state index in [-0.39, 0.29) is 49.4 Å². The number of nitrogens with two attached hydrogens (primary N) is 1. The summed E-state index contributed by atoms with van der Waals surface area (Å²) in [5, 5.41) is 18.0. The summed E-state index contributed by atoms with van der Waals surface area (Å²) in [5.74, 6) is 1.88. The van der Waals surface area contributed by atoms with Crippen molar-refractivity contribution < 1.29 is 48.0 Å². The highest BCUT2D eigenvalue weighted by Gasteiger charge is 2.59. The van der Waals surface area contributed by atoms with Gasteiger partial charge < -0.3 is 50.5 Å². The average molecular weight is 877 g/mol. The van der Waals surface area contributed by atoms with Crippen molar-refractivity contribution in [1.29, 1.82) is 0 Å². The lowest BCUT2D eigenvalue weighted by molar-refractivity contribution is -0.211. The van der Waals surface area contributed by atoms with E-state index >= 15 is 0 Å². The molecule has 0 spiro atoms. The highest BCUT2D eigenvalue weighted by Crippen LogP contribution is 2.67. The van der Waals surface area contributed by atoms with Gasteiger partial charge in [0.1, 0.15) is 6.10 Å². The van der Waals surface area contributed by atoms with Crippen LogP contribution >= 0.6 is 0 Å². The number of unbranched alkanes of at least 4 members (excludes halogenated alkanes) is 1. The summed E-state index contributed by atoms with van der Waals surface area (Å²) in [6.45, 7) is 17.0. The zero-order valence-electron chi connectivity index (χ0n) is 39.2. The number of ether oxygens (including phenoxy) is 5. The minimum absolute atomic E-state index is 0.0564. The number of hydrogen-bond donors (Lipinski definition) is 5. The molecule has 0 aliphatic heterocycles. The summed E-state index contributed by atoms with van der Waals surface area (Å²) in [6, 6.07) is 0. The number of allylic oxidation sites excluding steroid dienone is 1. The number of amides is 4. The summed E-state index contributed by atoms with van der Waals surface area (Å²) in [6.07, 6.45) is 17.9. The van der Waals surface area contributed by atoms with Crippen molar-refractivity contribution in [3.63, 3.8) is 0 Å². The van der Waals surface area contributed by atoms with Crippen LogP contribution < -0.4 is 21.7 Å². The Morgan fingerprint density at radius 2 is 1.48 bits per heavy atom. The van der Waals surface area contributed by atoms with E-state index in [1.807, 2.05) is 0 Å². The molecule has 0 heterocycles. The molecular formula is C48H84N4O10. The van der Waals surface area contributed by atoms with Gasteiger partial charge in [-0.1, -0.05) is 65.5 Å². The van der Waals surface area contributed by atoms with Crippen LogP contribution in [0, 0.1) is 46.3 Å². The molecule has 0 aromatic carbocycles. The lowest BCUT2D eigenvalue weighted by Crippen LogP contribution is -2.51. The molecule has 0 aromatic rings. The summed E-state index contributed by atoms with van der Waals surface area (Å²) in [4.78, 5) is 47.5. The summed E-state index contributed by atoms with van der Waals surface area (Å²) in [7, 11) is 0. The zero-order chi connectivity index (χ0) is 45.2. The molecular weight excluding hydrogens is 793 g/mol. The molecule has 9 atom stereocenters. The number of primary amides is 1. The number of rotatable bonds is 29. The van der Waals surface area contributed by atoms with E-state index in [0.29, 0.717) is 77.4 Å². The fourth-order valence-corrected chi connectivity index (χ4v) is 11.5. The van der Waals surface area contributed by atoms with Crippen LogP contribution in [0.2, 0.25) is 0 Å². The van der Waals surface area contributed by atoms with Gasteiger partial charge in [-0.2, -0.15) is 0 Å². The van der Waals surface area contributed by atoms with Crippen LogP contribution in [0.5, 0.6) is 0 Å².